The topological polar surface area (TPSA) is 0 Å². The molecule has 1 heteroatoms. The monoisotopic (exact) mass is 616 g/mol. The van der Waals surface area contributed by atoms with Crippen LogP contribution in [0.15, 0.2) is 146 Å². The van der Waals surface area contributed by atoms with Crippen LogP contribution in [0.5, 0.6) is 0 Å². The van der Waals surface area contributed by atoms with Gasteiger partial charge in [-0.25, -0.2) is 0 Å². The van der Waals surface area contributed by atoms with E-state index in [1.807, 2.05) is 0 Å². The first-order chi connectivity index (χ1) is 22.3. The summed E-state index contributed by atoms with van der Waals surface area (Å²) in [7, 11) is -0.731. The molecule has 6 aromatic carbocycles. The average molecular weight is 617 g/mol. The van der Waals surface area contributed by atoms with E-state index in [1.54, 1.807) is 0 Å². The van der Waals surface area contributed by atoms with Crippen molar-refractivity contribution in [3.8, 4) is 33.4 Å². The van der Waals surface area contributed by atoms with Crippen molar-refractivity contribution in [2.75, 3.05) is 0 Å². The van der Waals surface area contributed by atoms with Crippen LogP contribution in [0.25, 0.3) is 33.4 Å². The van der Waals surface area contributed by atoms with Crippen molar-refractivity contribution in [1.29, 1.82) is 0 Å². The second kappa shape index (κ2) is 14.0. The molecular formula is C45H45P. The highest BCUT2D eigenvalue weighted by molar-refractivity contribution is 7.79. The molecule has 6 rings (SSSR count). The summed E-state index contributed by atoms with van der Waals surface area (Å²) >= 11 is 0. The Morgan fingerprint density at radius 2 is 0.435 bits per heavy atom. The maximum absolute atomic E-state index is 2.34. The van der Waals surface area contributed by atoms with E-state index in [0.29, 0.717) is 17.8 Å². The quantitative estimate of drug-likeness (QED) is 0.142. The van der Waals surface area contributed by atoms with Crippen LogP contribution < -0.4 is 15.9 Å². The number of benzene rings is 6. The fourth-order valence-electron chi connectivity index (χ4n) is 6.04. The predicted octanol–water partition coefficient (Wildman–Crippen LogP) is 11.8. The Labute approximate surface area is 278 Å². The van der Waals surface area contributed by atoms with Gasteiger partial charge in [-0.2, -0.15) is 0 Å². The molecule has 0 saturated carbocycles. The van der Waals surface area contributed by atoms with E-state index in [4.69, 9.17) is 0 Å². The molecule has 46 heavy (non-hydrogen) atoms. The van der Waals surface area contributed by atoms with Crippen molar-refractivity contribution in [1.82, 2.24) is 0 Å². The summed E-state index contributed by atoms with van der Waals surface area (Å²) in [6.07, 6.45) is 0. The van der Waals surface area contributed by atoms with E-state index in [0.717, 1.165) is 0 Å². The van der Waals surface area contributed by atoms with Crippen LogP contribution in [0.3, 0.4) is 0 Å². The molecule has 0 aliphatic heterocycles. The minimum absolute atomic E-state index is 0.538. The van der Waals surface area contributed by atoms with E-state index in [2.05, 4.69) is 187 Å². The fourth-order valence-corrected chi connectivity index (χ4v) is 8.27. The minimum Gasteiger partial charge on any atom is -0.0587 e. The average Bonchev–Trinajstić information content (AvgIpc) is 3.09. The Bertz CT molecular complexity index is 1610. The van der Waals surface area contributed by atoms with Crippen LogP contribution >= 0.6 is 7.92 Å². The fraction of sp³-hybridized carbons (Fsp3) is 0.200. The highest BCUT2D eigenvalue weighted by atomic mass is 31.1. The Morgan fingerprint density at radius 3 is 0.609 bits per heavy atom. The lowest BCUT2D eigenvalue weighted by molar-refractivity contribution is 0.867. The van der Waals surface area contributed by atoms with E-state index in [-0.39, 0.29) is 0 Å². The van der Waals surface area contributed by atoms with Gasteiger partial charge in [0.1, 0.15) is 0 Å². The molecule has 0 aliphatic rings. The summed E-state index contributed by atoms with van der Waals surface area (Å²) in [5.41, 5.74) is 11.7. The lowest BCUT2D eigenvalue weighted by atomic mass is 9.99. The van der Waals surface area contributed by atoms with Crippen molar-refractivity contribution >= 4 is 23.8 Å². The van der Waals surface area contributed by atoms with Gasteiger partial charge in [-0.15, -0.1) is 0 Å². The third kappa shape index (κ3) is 7.09. The first-order valence-corrected chi connectivity index (χ1v) is 18.0. The van der Waals surface area contributed by atoms with Gasteiger partial charge in [0.15, 0.2) is 0 Å². The predicted molar refractivity (Wildman–Crippen MR) is 204 cm³/mol. The third-order valence-electron chi connectivity index (χ3n) is 9.11. The molecule has 0 nitrogen and oxygen atoms in total. The molecule has 0 unspecified atom stereocenters. The van der Waals surface area contributed by atoms with Crippen molar-refractivity contribution in [3.05, 3.63) is 162 Å². The Hall–Kier alpha value is -4.25. The molecule has 230 valence electrons. The van der Waals surface area contributed by atoms with Crippen molar-refractivity contribution in [2.24, 2.45) is 0 Å². The summed E-state index contributed by atoms with van der Waals surface area (Å²) in [4.78, 5) is 0. The first kappa shape index (κ1) is 31.7. The SMILES string of the molecule is CC(C)c1ccc(-c2ccc(P(c3ccc(-c4ccc(C(C)C)cc4)cc3)c3ccc(-c4ccc(C(C)C)cc4)cc3)cc2)cc1. The molecule has 0 aliphatic carbocycles. The number of rotatable bonds is 9. The van der Waals surface area contributed by atoms with Gasteiger partial charge >= 0.3 is 0 Å². The molecule has 0 fully saturated rings. The van der Waals surface area contributed by atoms with Gasteiger partial charge in [0, 0.05) is 0 Å². The standard InChI is InChI=1S/C45H45P/c1-31(2)34-7-13-37(14-8-34)40-19-25-43(26-20-40)46(44-27-21-41(22-28-44)38-15-9-35(10-16-38)32(3)4)45-29-23-42(24-30-45)39-17-11-36(12-18-39)33(5)6/h7-33H,1-6H3. The van der Waals surface area contributed by atoms with Gasteiger partial charge in [-0.05, 0) is 91.7 Å². The summed E-state index contributed by atoms with van der Waals surface area (Å²) in [5, 5.41) is 4.09. The zero-order valence-electron chi connectivity index (χ0n) is 28.0. The summed E-state index contributed by atoms with van der Waals surface area (Å²) in [6, 6.07) is 54.9. The molecule has 0 bridgehead atoms. The molecule has 6 aromatic rings. The van der Waals surface area contributed by atoms with Gasteiger partial charge in [-0.1, -0.05) is 187 Å². The molecule has 0 spiro atoms. The molecule has 0 aromatic heterocycles. The lowest BCUT2D eigenvalue weighted by Crippen LogP contribution is -2.20. The summed E-state index contributed by atoms with van der Waals surface area (Å²) in [6.45, 7) is 13.5. The molecule has 0 atom stereocenters. The lowest BCUT2D eigenvalue weighted by Gasteiger charge is -2.21. The van der Waals surface area contributed by atoms with Crippen molar-refractivity contribution in [3.63, 3.8) is 0 Å². The van der Waals surface area contributed by atoms with Crippen LogP contribution in [0.1, 0.15) is 76.0 Å². The van der Waals surface area contributed by atoms with Crippen molar-refractivity contribution in [2.45, 2.75) is 59.3 Å². The summed E-state index contributed by atoms with van der Waals surface area (Å²) in [5.74, 6) is 1.62. The Kier molecular flexibility index (Phi) is 9.67. The zero-order valence-corrected chi connectivity index (χ0v) is 28.9. The van der Waals surface area contributed by atoms with Crippen molar-refractivity contribution < 1.29 is 0 Å². The van der Waals surface area contributed by atoms with Crippen LogP contribution in [0.2, 0.25) is 0 Å². The molecule has 0 N–H and O–H groups in total. The maximum atomic E-state index is 2.34. The van der Waals surface area contributed by atoms with Crippen LogP contribution in [-0.4, -0.2) is 0 Å². The number of hydrogen-bond donors (Lipinski definition) is 0. The van der Waals surface area contributed by atoms with Gasteiger partial charge in [0.25, 0.3) is 0 Å². The van der Waals surface area contributed by atoms with E-state index in [9.17, 15) is 0 Å². The van der Waals surface area contributed by atoms with E-state index >= 15 is 0 Å². The Morgan fingerprint density at radius 1 is 0.261 bits per heavy atom. The largest absolute Gasteiger partial charge is 0.0587 e. The van der Waals surface area contributed by atoms with Crippen LogP contribution in [-0.2, 0) is 0 Å². The maximum Gasteiger partial charge on any atom is -0.0134 e. The molecule has 0 saturated heterocycles. The second-order valence-electron chi connectivity index (χ2n) is 13.3. The molecule has 0 radical (unpaired) electrons. The molecule has 0 amide bonds. The van der Waals surface area contributed by atoms with E-state index in [1.165, 1.54) is 66.0 Å². The zero-order chi connectivity index (χ0) is 32.2. The van der Waals surface area contributed by atoms with Gasteiger partial charge in [0.05, 0.1) is 0 Å². The van der Waals surface area contributed by atoms with Crippen LogP contribution in [0, 0.1) is 0 Å². The van der Waals surface area contributed by atoms with Gasteiger partial charge in [-0.3, -0.25) is 0 Å². The summed E-state index contributed by atoms with van der Waals surface area (Å²) < 4.78 is 0. The third-order valence-corrected chi connectivity index (χ3v) is 11.6. The van der Waals surface area contributed by atoms with Gasteiger partial charge < -0.3 is 0 Å². The highest BCUT2D eigenvalue weighted by Crippen LogP contribution is 2.36. The number of hydrogen-bond acceptors (Lipinski definition) is 0. The Balaban J connectivity index is 1.33. The normalized spacial score (nSPS) is 11.6. The molecule has 0 heterocycles. The first-order valence-electron chi connectivity index (χ1n) is 16.7. The second-order valence-corrected chi connectivity index (χ2v) is 15.5. The minimum atomic E-state index is -0.731. The smallest absolute Gasteiger partial charge is 0.0134 e. The highest BCUT2D eigenvalue weighted by Gasteiger charge is 2.18. The van der Waals surface area contributed by atoms with Gasteiger partial charge in [0.2, 0.25) is 0 Å². The van der Waals surface area contributed by atoms with Crippen LogP contribution in [0.4, 0.5) is 0 Å². The molecular weight excluding hydrogens is 571 g/mol. The van der Waals surface area contributed by atoms with E-state index < -0.39 is 7.92 Å².